The number of phenols is 1. The topological polar surface area (TPSA) is 42.4 Å². The van der Waals surface area contributed by atoms with Crippen LogP contribution in [-0.4, -0.2) is 10.1 Å². The van der Waals surface area contributed by atoms with E-state index >= 15 is 0 Å². The van der Waals surface area contributed by atoms with Gasteiger partial charge in [0.05, 0.1) is 0 Å². The van der Waals surface area contributed by atoms with Crippen LogP contribution in [0.1, 0.15) is 5.56 Å². The van der Waals surface area contributed by atoms with E-state index in [2.05, 4.69) is 4.98 Å². The van der Waals surface area contributed by atoms with E-state index in [1.165, 1.54) is 0 Å². The molecule has 0 bridgehead atoms. The molecule has 0 aliphatic heterocycles. The molecule has 0 atom stereocenters. The summed E-state index contributed by atoms with van der Waals surface area (Å²) in [6.07, 6.45) is 1.72. The molecule has 3 aromatic rings. The van der Waals surface area contributed by atoms with Crippen molar-refractivity contribution in [3.63, 3.8) is 0 Å². The Bertz CT molecular complexity index is 732. The molecule has 3 nitrogen and oxygen atoms in total. The summed E-state index contributed by atoms with van der Waals surface area (Å²) in [6.45, 7) is 1.82. The Labute approximate surface area is 111 Å². The standard InChI is InChI=1S/C16H13NO2/c1-11-14(18)7-4-8-15(11)19-16-13-6-3-2-5-12(13)9-10-17-16/h2-10,18H,1H3. The van der Waals surface area contributed by atoms with Gasteiger partial charge in [0.1, 0.15) is 11.5 Å². The molecule has 0 saturated heterocycles. The third-order valence-electron chi connectivity index (χ3n) is 3.10. The van der Waals surface area contributed by atoms with Crippen LogP contribution in [0.25, 0.3) is 10.8 Å². The lowest BCUT2D eigenvalue weighted by Crippen LogP contribution is -1.91. The number of ether oxygens (including phenoxy) is 1. The van der Waals surface area contributed by atoms with E-state index in [-0.39, 0.29) is 5.75 Å². The minimum atomic E-state index is 0.220. The van der Waals surface area contributed by atoms with Crippen molar-refractivity contribution in [1.29, 1.82) is 0 Å². The van der Waals surface area contributed by atoms with Crippen molar-refractivity contribution in [2.24, 2.45) is 0 Å². The van der Waals surface area contributed by atoms with Crippen LogP contribution in [0, 0.1) is 6.92 Å². The number of benzene rings is 2. The van der Waals surface area contributed by atoms with E-state index in [4.69, 9.17) is 4.74 Å². The monoisotopic (exact) mass is 251 g/mol. The van der Waals surface area contributed by atoms with Gasteiger partial charge in [0.2, 0.25) is 5.88 Å². The highest BCUT2D eigenvalue weighted by Gasteiger charge is 2.08. The van der Waals surface area contributed by atoms with Crippen LogP contribution in [0.4, 0.5) is 0 Å². The molecule has 0 aliphatic carbocycles. The number of aromatic nitrogens is 1. The maximum atomic E-state index is 9.69. The normalized spacial score (nSPS) is 10.6. The molecule has 0 unspecified atom stereocenters. The lowest BCUT2D eigenvalue weighted by Gasteiger charge is -2.10. The molecular formula is C16H13NO2. The predicted octanol–water partition coefficient (Wildman–Crippen LogP) is 4.04. The second kappa shape index (κ2) is 4.61. The van der Waals surface area contributed by atoms with Crippen molar-refractivity contribution in [2.45, 2.75) is 6.92 Å². The molecule has 0 saturated carbocycles. The third kappa shape index (κ3) is 2.10. The summed E-state index contributed by atoms with van der Waals surface area (Å²) >= 11 is 0. The van der Waals surface area contributed by atoms with Crippen molar-refractivity contribution >= 4 is 10.8 Å². The minimum absolute atomic E-state index is 0.220. The summed E-state index contributed by atoms with van der Waals surface area (Å²) in [6, 6.07) is 15.1. The highest BCUT2D eigenvalue weighted by molar-refractivity contribution is 5.86. The molecule has 1 aromatic heterocycles. The summed E-state index contributed by atoms with van der Waals surface area (Å²) < 4.78 is 5.83. The number of phenolic OH excluding ortho intramolecular Hbond substituents is 1. The van der Waals surface area contributed by atoms with Crippen LogP contribution in [-0.2, 0) is 0 Å². The fourth-order valence-electron chi connectivity index (χ4n) is 1.99. The van der Waals surface area contributed by atoms with Crippen LogP contribution in [0.3, 0.4) is 0 Å². The van der Waals surface area contributed by atoms with Crippen molar-refractivity contribution < 1.29 is 9.84 Å². The van der Waals surface area contributed by atoms with E-state index in [1.54, 1.807) is 18.3 Å². The van der Waals surface area contributed by atoms with E-state index in [0.29, 0.717) is 17.2 Å². The highest BCUT2D eigenvalue weighted by atomic mass is 16.5. The summed E-state index contributed by atoms with van der Waals surface area (Å²) in [4.78, 5) is 4.27. The molecule has 1 heterocycles. The number of pyridine rings is 1. The van der Waals surface area contributed by atoms with Gasteiger partial charge in [-0.3, -0.25) is 0 Å². The molecule has 94 valence electrons. The van der Waals surface area contributed by atoms with Crippen LogP contribution in [0.2, 0.25) is 0 Å². The maximum Gasteiger partial charge on any atom is 0.227 e. The first-order valence-corrected chi connectivity index (χ1v) is 6.06. The molecule has 0 fully saturated rings. The van der Waals surface area contributed by atoms with Gasteiger partial charge in [0.25, 0.3) is 0 Å². The van der Waals surface area contributed by atoms with Crippen LogP contribution >= 0.6 is 0 Å². The van der Waals surface area contributed by atoms with Gasteiger partial charge in [0.15, 0.2) is 0 Å². The smallest absolute Gasteiger partial charge is 0.227 e. The predicted molar refractivity (Wildman–Crippen MR) is 74.7 cm³/mol. The molecule has 3 rings (SSSR count). The van der Waals surface area contributed by atoms with E-state index in [0.717, 1.165) is 10.8 Å². The Morgan fingerprint density at radius 1 is 1.00 bits per heavy atom. The Morgan fingerprint density at radius 2 is 1.84 bits per heavy atom. The lowest BCUT2D eigenvalue weighted by atomic mass is 10.1. The number of hydrogen-bond acceptors (Lipinski definition) is 3. The van der Waals surface area contributed by atoms with Gasteiger partial charge in [-0.1, -0.05) is 24.3 Å². The zero-order valence-electron chi connectivity index (χ0n) is 10.5. The fourth-order valence-corrected chi connectivity index (χ4v) is 1.99. The third-order valence-corrected chi connectivity index (χ3v) is 3.10. The number of rotatable bonds is 2. The molecule has 0 radical (unpaired) electrons. The zero-order valence-corrected chi connectivity index (χ0v) is 10.5. The summed E-state index contributed by atoms with van der Waals surface area (Å²) in [5.74, 6) is 1.38. The Kier molecular flexibility index (Phi) is 2.80. The first-order valence-electron chi connectivity index (χ1n) is 6.06. The zero-order chi connectivity index (χ0) is 13.2. The van der Waals surface area contributed by atoms with Crippen LogP contribution in [0.5, 0.6) is 17.4 Å². The van der Waals surface area contributed by atoms with Gasteiger partial charge in [-0.2, -0.15) is 0 Å². The number of nitrogens with zero attached hydrogens (tertiary/aromatic N) is 1. The molecule has 0 aliphatic rings. The quantitative estimate of drug-likeness (QED) is 0.747. The molecule has 0 spiro atoms. The summed E-state index contributed by atoms with van der Waals surface area (Å²) in [5, 5.41) is 11.7. The first kappa shape index (κ1) is 11.5. The molecule has 0 amide bonds. The summed E-state index contributed by atoms with van der Waals surface area (Å²) in [7, 11) is 0. The minimum Gasteiger partial charge on any atom is -0.508 e. The van der Waals surface area contributed by atoms with E-state index in [1.807, 2.05) is 43.3 Å². The second-order valence-electron chi connectivity index (χ2n) is 4.34. The van der Waals surface area contributed by atoms with Crippen molar-refractivity contribution in [3.05, 3.63) is 60.3 Å². The van der Waals surface area contributed by atoms with Crippen LogP contribution in [0.15, 0.2) is 54.7 Å². The average Bonchev–Trinajstić information content (AvgIpc) is 2.44. The highest BCUT2D eigenvalue weighted by Crippen LogP contribution is 2.32. The van der Waals surface area contributed by atoms with Gasteiger partial charge < -0.3 is 9.84 Å². The Hall–Kier alpha value is -2.55. The second-order valence-corrected chi connectivity index (χ2v) is 4.34. The molecule has 1 N–H and O–H groups in total. The van der Waals surface area contributed by atoms with Crippen molar-refractivity contribution in [1.82, 2.24) is 4.98 Å². The fraction of sp³-hybridized carbons (Fsp3) is 0.0625. The average molecular weight is 251 g/mol. The molecule has 2 aromatic carbocycles. The number of fused-ring (bicyclic) bond motifs is 1. The van der Waals surface area contributed by atoms with E-state index < -0.39 is 0 Å². The first-order chi connectivity index (χ1) is 9.25. The Balaban J connectivity index is 2.09. The van der Waals surface area contributed by atoms with Crippen molar-refractivity contribution in [3.8, 4) is 17.4 Å². The Morgan fingerprint density at radius 3 is 2.74 bits per heavy atom. The summed E-state index contributed by atoms with van der Waals surface area (Å²) in [5.41, 5.74) is 0.706. The van der Waals surface area contributed by atoms with Crippen LogP contribution < -0.4 is 4.74 Å². The molecule has 3 heteroatoms. The number of hydrogen-bond donors (Lipinski definition) is 1. The largest absolute Gasteiger partial charge is 0.508 e. The SMILES string of the molecule is Cc1c(O)cccc1Oc1nccc2ccccc12. The lowest BCUT2D eigenvalue weighted by molar-refractivity contribution is 0.442. The van der Waals surface area contributed by atoms with Gasteiger partial charge in [-0.15, -0.1) is 0 Å². The van der Waals surface area contributed by atoms with Gasteiger partial charge >= 0.3 is 0 Å². The maximum absolute atomic E-state index is 9.69. The van der Waals surface area contributed by atoms with E-state index in [9.17, 15) is 5.11 Å². The number of aromatic hydroxyl groups is 1. The van der Waals surface area contributed by atoms with Gasteiger partial charge in [0, 0.05) is 17.1 Å². The van der Waals surface area contributed by atoms with Gasteiger partial charge in [-0.05, 0) is 36.6 Å². The molecule has 19 heavy (non-hydrogen) atoms. The molecular weight excluding hydrogens is 238 g/mol. The van der Waals surface area contributed by atoms with Gasteiger partial charge in [-0.25, -0.2) is 4.98 Å². The van der Waals surface area contributed by atoms with Crippen molar-refractivity contribution in [2.75, 3.05) is 0 Å².